The minimum atomic E-state index is -0.602. The van der Waals surface area contributed by atoms with E-state index in [0.29, 0.717) is 12.3 Å². The molecule has 0 radical (unpaired) electrons. The molecule has 6 heteroatoms. The maximum Gasteiger partial charge on any atom is 0.330 e. The Morgan fingerprint density at radius 3 is 2.69 bits per heavy atom. The number of hydrogen-bond donors (Lipinski definition) is 1. The maximum absolute atomic E-state index is 11.2. The summed E-state index contributed by atoms with van der Waals surface area (Å²) in [6.07, 6.45) is 1.66. The lowest BCUT2D eigenvalue weighted by atomic mass is 10.3. The fraction of sp³-hybridized carbons (Fsp3) is 0.571. The maximum atomic E-state index is 11.2. The van der Waals surface area contributed by atoms with Gasteiger partial charge in [-0.15, -0.1) is 0 Å². The van der Waals surface area contributed by atoms with Gasteiger partial charge in [0.2, 0.25) is 11.8 Å². The number of imide groups is 2. The second-order valence-corrected chi connectivity index (χ2v) is 3.55. The van der Waals surface area contributed by atoms with Crippen molar-refractivity contribution in [1.82, 2.24) is 10.2 Å². The second kappa shape index (κ2) is 4.27. The van der Waals surface area contributed by atoms with Gasteiger partial charge in [0.25, 0.3) is 0 Å². The summed E-state index contributed by atoms with van der Waals surface area (Å²) in [5, 5.41) is 2.09. The van der Waals surface area contributed by atoms with E-state index >= 15 is 0 Å². The summed E-state index contributed by atoms with van der Waals surface area (Å²) in [6.45, 7) is 0.360. The first kappa shape index (κ1) is 10.0. The van der Waals surface area contributed by atoms with E-state index in [4.69, 9.17) is 0 Å². The number of carbonyl (C=O) groups excluding carboxylic acids is 3. The predicted octanol–water partition coefficient (Wildman–Crippen LogP) is -0.182. The number of carbonyl (C=O) groups is 3. The number of nitrogens with zero attached hydrogens (tertiary/aromatic N) is 1. The highest BCUT2D eigenvalue weighted by molar-refractivity contribution is 7.98. The van der Waals surface area contributed by atoms with Crippen LogP contribution in [0.15, 0.2) is 0 Å². The van der Waals surface area contributed by atoms with Crippen LogP contribution in [0.3, 0.4) is 0 Å². The Morgan fingerprint density at radius 2 is 2.15 bits per heavy atom. The van der Waals surface area contributed by atoms with Crippen molar-refractivity contribution in [3.63, 3.8) is 0 Å². The summed E-state index contributed by atoms with van der Waals surface area (Å²) in [6, 6.07) is -0.602. The highest BCUT2D eigenvalue weighted by Gasteiger charge is 2.29. The molecule has 5 nitrogen and oxygen atoms in total. The van der Waals surface area contributed by atoms with Crippen LogP contribution in [0.1, 0.15) is 6.42 Å². The Hall–Kier alpha value is -1.04. The van der Waals surface area contributed by atoms with Crippen molar-refractivity contribution in [3.8, 4) is 0 Å². The number of thioether (sulfide) groups is 1. The average molecular weight is 202 g/mol. The third-order valence-electron chi connectivity index (χ3n) is 1.62. The van der Waals surface area contributed by atoms with Gasteiger partial charge in [0.15, 0.2) is 0 Å². The molecule has 0 unspecified atom stereocenters. The van der Waals surface area contributed by atoms with Crippen LogP contribution in [0.4, 0.5) is 4.79 Å². The van der Waals surface area contributed by atoms with Crippen molar-refractivity contribution in [2.24, 2.45) is 0 Å². The fourth-order valence-electron chi connectivity index (χ4n) is 0.986. The minimum Gasteiger partial charge on any atom is -0.277 e. The van der Waals surface area contributed by atoms with Gasteiger partial charge in [0.1, 0.15) is 6.42 Å². The minimum absolute atomic E-state index is 0.222. The monoisotopic (exact) mass is 202 g/mol. The van der Waals surface area contributed by atoms with Crippen LogP contribution < -0.4 is 5.32 Å². The molecule has 4 amide bonds. The van der Waals surface area contributed by atoms with E-state index < -0.39 is 17.8 Å². The van der Waals surface area contributed by atoms with Gasteiger partial charge in [-0.3, -0.25) is 19.8 Å². The Balaban J connectivity index is 2.56. The highest BCUT2D eigenvalue weighted by Crippen LogP contribution is 2.04. The summed E-state index contributed by atoms with van der Waals surface area (Å²) < 4.78 is 0. The third kappa shape index (κ3) is 2.45. The molecule has 0 bridgehead atoms. The largest absolute Gasteiger partial charge is 0.330 e. The lowest BCUT2D eigenvalue weighted by Gasteiger charge is -2.24. The molecule has 1 N–H and O–H groups in total. The molecule has 72 valence electrons. The van der Waals surface area contributed by atoms with Gasteiger partial charge in [-0.1, -0.05) is 0 Å². The van der Waals surface area contributed by atoms with E-state index in [0.717, 1.165) is 4.90 Å². The molecule has 1 fully saturated rings. The molecule has 0 aromatic carbocycles. The van der Waals surface area contributed by atoms with Crippen LogP contribution in [-0.4, -0.2) is 41.3 Å². The van der Waals surface area contributed by atoms with Crippen LogP contribution in [0.25, 0.3) is 0 Å². The quantitative estimate of drug-likeness (QED) is 0.644. The lowest BCUT2D eigenvalue weighted by Crippen LogP contribution is -2.53. The smallest absolute Gasteiger partial charge is 0.277 e. The number of urea groups is 1. The Kier molecular flexibility index (Phi) is 3.30. The summed E-state index contributed by atoms with van der Waals surface area (Å²) >= 11 is 1.54. The van der Waals surface area contributed by atoms with Crippen molar-refractivity contribution in [2.45, 2.75) is 6.42 Å². The Labute approximate surface area is 79.8 Å². The van der Waals surface area contributed by atoms with E-state index in [1.807, 2.05) is 6.26 Å². The Morgan fingerprint density at radius 1 is 1.46 bits per heavy atom. The van der Waals surface area contributed by atoms with Crippen LogP contribution in [0.2, 0.25) is 0 Å². The molecular weight excluding hydrogens is 192 g/mol. The van der Waals surface area contributed by atoms with Crippen molar-refractivity contribution < 1.29 is 14.4 Å². The number of rotatable bonds is 3. The first-order valence-corrected chi connectivity index (χ1v) is 5.17. The van der Waals surface area contributed by atoms with Crippen molar-refractivity contribution in [1.29, 1.82) is 0 Å². The zero-order valence-electron chi connectivity index (χ0n) is 7.20. The average Bonchev–Trinajstić information content (AvgIpc) is 2.02. The molecule has 0 spiro atoms. The summed E-state index contributed by atoms with van der Waals surface area (Å²) in [5.74, 6) is -0.244. The van der Waals surface area contributed by atoms with E-state index in [-0.39, 0.29) is 6.42 Å². The zero-order chi connectivity index (χ0) is 9.84. The van der Waals surface area contributed by atoms with E-state index in [1.54, 1.807) is 11.8 Å². The molecule has 0 aliphatic carbocycles. The van der Waals surface area contributed by atoms with Gasteiger partial charge >= 0.3 is 6.03 Å². The topological polar surface area (TPSA) is 66.5 Å². The molecule has 0 atom stereocenters. The number of hydrogen-bond acceptors (Lipinski definition) is 4. The number of barbiturate groups is 1. The van der Waals surface area contributed by atoms with Gasteiger partial charge in [-0.25, -0.2) is 4.79 Å². The van der Waals surface area contributed by atoms with E-state index in [2.05, 4.69) is 5.32 Å². The van der Waals surface area contributed by atoms with E-state index in [1.165, 1.54) is 0 Å². The van der Waals surface area contributed by atoms with Gasteiger partial charge in [-0.2, -0.15) is 11.8 Å². The first-order chi connectivity index (χ1) is 6.15. The SMILES string of the molecule is CSCCN1C(=O)CC(=O)NC1=O. The molecule has 1 aliphatic rings. The van der Waals surface area contributed by atoms with Gasteiger partial charge in [-0.05, 0) is 6.26 Å². The number of nitrogens with one attached hydrogen (secondary N) is 1. The van der Waals surface area contributed by atoms with Crippen molar-refractivity contribution in [2.75, 3.05) is 18.6 Å². The van der Waals surface area contributed by atoms with Crippen molar-refractivity contribution in [3.05, 3.63) is 0 Å². The van der Waals surface area contributed by atoms with Crippen LogP contribution >= 0.6 is 11.8 Å². The zero-order valence-corrected chi connectivity index (χ0v) is 8.02. The number of amides is 4. The molecule has 0 aromatic rings. The summed E-state index contributed by atoms with van der Waals surface area (Å²) in [4.78, 5) is 34.0. The van der Waals surface area contributed by atoms with Crippen LogP contribution in [0.5, 0.6) is 0 Å². The Bertz CT molecular complexity index is 234. The second-order valence-electron chi connectivity index (χ2n) is 2.57. The molecule has 1 heterocycles. The van der Waals surface area contributed by atoms with Crippen molar-refractivity contribution >= 4 is 29.6 Å². The highest BCUT2D eigenvalue weighted by atomic mass is 32.2. The first-order valence-electron chi connectivity index (χ1n) is 3.78. The normalized spacial score (nSPS) is 17.6. The predicted molar refractivity (Wildman–Crippen MR) is 48.3 cm³/mol. The molecule has 1 saturated heterocycles. The van der Waals surface area contributed by atoms with Gasteiger partial charge in [0.05, 0.1) is 0 Å². The standard InChI is InChI=1S/C7H10N2O3S/c1-13-3-2-9-6(11)4-5(10)8-7(9)12/h2-4H2,1H3,(H,8,10,12). The van der Waals surface area contributed by atoms with Crippen LogP contribution in [-0.2, 0) is 9.59 Å². The molecule has 13 heavy (non-hydrogen) atoms. The van der Waals surface area contributed by atoms with Gasteiger partial charge in [0, 0.05) is 12.3 Å². The molecular formula is C7H10N2O3S. The molecule has 0 saturated carbocycles. The van der Waals surface area contributed by atoms with E-state index in [9.17, 15) is 14.4 Å². The van der Waals surface area contributed by atoms with Crippen LogP contribution in [0, 0.1) is 0 Å². The lowest BCUT2D eigenvalue weighted by molar-refractivity contribution is -0.136. The summed E-state index contributed by atoms with van der Waals surface area (Å²) in [7, 11) is 0. The molecule has 1 aliphatic heterocycles. The third-order valence-corrected chi connectivity index (χ3v) is 2.21. The summed E-state index contributed by atoms with van der Waals surface area (Å²) in [5.41, 5.74) is 0. The fourth-order valence-corrected chi connectivity index (χ4v) is 1.35. The molecule has 1 rings (SSSR count). The molecule has 0 aromatic heterocycles. The van der Waals surface area contributed by atoms with Gasteiger partial charge < -0.3 is 0 Å².